The predicted octanol–water partition coefficient (Wildman–Crippen LogP) is 3.24. The lowest BCUT2D eigenvalue weighted by molar-refractivity contribution is -0.143. The highest BCUT2D eigenvalue weighted by atomic mass is 35.5. The first-order valence-electron chi connectivity index (χ1n) is 6.71. The molecule has 2 rings (SSSR count). The van der Waals surface area contributed by atoms with E-state index in [2.05, 4.69) is 10.6 Å². The molecule has 0 aromatic heterocycles. The van der Waals surface area contributed by atoms with Gasteiger partial charge in [0.2, 0.25) is 0 Å². The standard InChI is InChI=1S/C14H16ClFN2O3/c15-11-7-9(16)4-5-12(11)18-14(21)17-10-3-1-2-8(6-10)13(19)20/h4-5,7-8,10H,1-3,6H2,(H,19,20)(H2,17,18,21). The van der Waals surface area contributed by atoms with E-state index in [0.29, 0.717) is 18.5 Å². The summed E-state index contributed by atoms with van der Waals surface area (Å²) in [4.78, 5) is 22.8. The van der Waals surface area contributed by atoms with E-state index in [9.17, 15) is 14.0 Å². The van der Waals surface area contributed by atoms with Crippen LogP contribution in [0.2, 0.25) is 5.02 Å². The molecule has 1 aliphatic rings. The molecule has 1 aliphatic carbocycles. The number of benzene rings is 1. The second kappa shape index (κ2) is 6.76. The van der Waals surface area contributed by atoms with Gasteiger partial charge in [-0.1, -0.05) is 18.0 Å². The van der Waals surface area contributed by atoms with Crippen molar-refractivity contribution < 1.29 is 19.1 Å². The number of carbonyl (C=O) groups is 2. The molecule has 0 spiro atoms. The SMILES string of the molecule is O=C(Nc1ccc(F)cc1Cl)NC1CCCC(C(=O)O)C1. The lowest BCUT2D eigenvalue weighted by Gasteiger charge is -2.27. The minimum atomic E-state index is -0.830. The Morgan fingerprint density at radius 1 is 1.33 bits per heavy atom. The van der Waals surface area contributed by atoms with Crippen molar-refractivity contribution >= 4 is 29.3 Å². The molecule has 2 amide bonds. The molecule has 1 saturated carbocycles. The Morgan fingerprint density at radius 3 is 2.76 bits per heavy atom. The molecule has 1 fully saturated rings. The maximum absolute atomic E-state index is 12.9. The van der Waals surface area contributed by atoms with Gasteiger partial charge in [0.15, 0.2) is 0 Å². The average Bonchev–Trinajstić information content (AvgIpc) is 2.42. The second-order valence-electron chi connectivity index (χ2n) is 5.12. The predicted molar refractivity (Wildman–Crippen MR) is 76.9 cm³/mol. The van der Waals surface area contributed by atoms with Crippen LogP contribution in [0.25, 0.3) is 0 Å². The van der Waals surface area contributed by atoms with Crippen molar-refractivity contribution in [3.8, 4) is 0 Å². The summed E-state index contributed by atoms with van der Waals surface area (Å²) in [6.07, 6.45) is 2.56. The smallest absolute Gasteiger partial charge is 0.319 e. The Morgan fingerprint density at radius 2 is 2.10 bits per heavy atom. The topological polar surface area (TPSA) is 78.4 Å². The van der Waals surface area contributed by atoms with Crippen molar-refractivity contribution in [1.29, 1.82) is 0 Å². The molecule has 2 atom stereocenters. The molecule has 0 bridgehead atoms. The number of amides is 2. The molecule has 0 aliphatic heterocycles. The Hall–Kier alpha value is -1.82. The summed E-state index contributed by atoms with van der Waals surface area (Å²) in [5.41, 5.74) is 0.307. The third-order valence-corrected chi connectivity index (χ3v) is 3.85. The van der Waals surface area contributed by atoms with E-state index in [-0.39, 0.29) is 11.1 Å². The summed E-state index contributed by atoms with van der Waals surface area (Å²) in [7, 11) is 0. The number of anilines is 1. The highest BCUT2D eigenvalue weighted by Crippen LogP contribution is 2.25. The van der Waals surface area contributed by atoms with Crippen LogP contribution >= 0.6 is 11.6 Å². The highest BCUT2D eigenvalue weighted by molar-refractivity contribution is 6.33. The average molecular weight is 315 g/mol. The van der Waals surface area contributed by atoms with Crippen LogP contribution in [0.4, 0.5) is 14.9 Å². The van der Waals surface area contributed by atoms with Crippen LogP contribution in [0.5, 0.6) is 0 Å². The van der Waals surface area contributed by atoms with Gasteiger partial charge in [-0.05, 0) is 37.5 Å². The number of nitrogens with one attached hydrogen (secondary N) is 2. The number of halogens is 2. The zero-order valence-electron chi connectivity index (χ0n) is 11.2. The lowest BCUT2D eigenvalue weighted by Crippen LogP contribution is -2.42. The molecule has 3 N–H and O–H groups in total. The quantitative estimate of drug-likeness (QED) is 0.801. The van der Waals surface area contributed by atoms with Gasteiger partial charge in [-0.15, -0.1) is 0 Å². The monoisotopic (exact) mass is 314 g/mol. The zero-order chi connectivity index (χ0) is 15.4. The van der Waals surface area contributed by atoms with Crippen LogP contribution in [0.1, 0.15) is 25.7 Å². The van der Waals surface area contributed by atoms with Crippen molar-refractivity contribution in [1.82, 2.24) is 5.32 Å². The van der Waals surface area contributed by atoms with E-state index in [1.807, 2.05) is 0 Å². The van der Waals surface area contributed by atoms with E-state index in [4.69, 9.17) is 16.7 Å². The first kappa shape index (κ1) is 15.6. The number of carboxylic acids is 1. The minimum Gasteiger partial charge on any atom is -0.481 e. The van der Waals surface area contributed by atoms with Crippen LogP contribution < -0.4 is 10.6 Å². The maximum Gasteiger partial charge on any atom is 0.319 e. The van der Waals surface area contributed by atoms with E-state index in [1.165, 1.54) is 12.1 Å². The Bertz CT molecular complexity index is 553. The summed E-state index contributed by atoms with van der Waals surface area (Å²) in [5.74, 6) is -1.73. The van der Waals surface area contributed by atoms with Crippen LogP contribution in [0.15, 0.2) is 18.2 Å². The fourth-order valence-electron chi connectivity index (χ4n) is 2.48. The fourth-order valence-corrected chi connectivity index (χ4v) is 2.69. The first-order chi connectivity index (χ1) is 9.95. The molecular formula is C14H16ClFN2O3. The molecule has 0 heterocycles. The van der Waals surface area contributed by atoms with Gasteiger partial charge >= 0.3 is 12.0 Å². The number of carbonyl (C=O) groups excluding carboxylic acids is 1. The van der Waals surface area contributed by atoms with Gasteiger partial charge in [0.1, 0.15) is 5.82 Å². The van der Waals surface area contributed by atoms with Gasteiger partial charge in [-0.25, -0.2) is 9.18 Å². The van der Waals surface area contributed by atoms with Gasteiger partial charge in [0.25, 0.3) is 0 Å². The third kappa shape index (κ3) is 4.32. The van der Waals surface area contributed by atoms with Crippen molar-refractivity contribution in [2.75, 3.05) is 5.32 Å². The minimum absolute atomic E-state index is 0.109. The molecule has 21 heavy (non-hydrogen) atoms. The number of hydrogen-bond donors (Lipinski definition) is 3. The molecule has 1 aromatic rings. The molecule has 5 nitrogen and oxygen atoms in total. The van der Waals surface area contributed by atoms with Crippen molar-refractivity contribution in [3.05, 3.63) is 29.0 Å². The van der Waals surface area contributed by atoms with Crippen molar-refractivity contribution in [3.63, 3.8) is 0 Å². The number of carboxylic acid groups (broad SMARTS) is 1. The van der Waals surface area contributed by atoms with Crippen LogP contribution in [-0.2, 0) is 4.79 Å². The number of rotatable bonds is 3. The van der Waals surface area contributed by atoms with E-state index in [1.54, 1.807) is 0 Å². The van der Waals surface area contributed by atoms with Crippen molar-refractivity contribution in [2.45, 2.75) is 31.7 Å². The normalized spacial score (nSPS) is 21.6. The third-order valence-electron chi connectivity index (χ3n) is 3.54. The first-order valence-corrected chi connectivity index (χ1v) is 7.09. The summed E-state index contributed by atoms with van der Waals surface area (Å²) >= 11 is 5.82. The van der Waals surface area contributed by atoms with Gasteiger partial charge in [0, 0.05) is 6.04 Å². The Kier molecular flexibility index (Phi) is 5.01. The fraction of sp³-hybridized carbons (Fsp3) is 0.429. The number of hydrogen-bond acceptors (Lipinski definition) is 2. The molecule has 2 unspecified atom stereocenters. The number of urea groups is 1. The van der Waals surface area contributed by atoms with Gasteiger partial charge in [0.05, 0.1) is 16.6 Å². The van der Waals surface area contributed by atoms with E-state index >= 15 is 0 Å². The molecule has 0 radical (unpaired) electrons. The second-order valence-corrected chi connectivity index (χ2v) is 5.53. The molecule has 7 heteroatoms. The Labute approximate surface area is 126 Å². The van der Waals surface area contributed by atoms with Crippen molar-refractivity contribution in [2.24, 2.45) is 5.92 Å². The molecule has 0 saturated heterocycles. The lowest BCUT2D eigenvalue weighted by atomic mass is 9.86. The molecule has 1 aromatic carbocycles. The van der Waals surface area contributed by atoms with Crippen LogP contribution in [0, 0.1) is 11.7 Å². The Balaban J connectivity index is 1.91. The summed E-state index contributed by atoms with van der Waals surface area (Å²) in [6.45, 7) is 0. The largest absolute Gasteiger partial charge is 0.481 e. The summed E-state index contributed by atoms with van der Waals surface area (Å²) in [6, 6.07) is 3.03. The van der Waals surface area contributed by atoms with Crippen LogP contribution in [-0.4, -0.2) is 23.1 Å². The number of aliphatic carboxylic acids is 1. The van der Waals surface area contributed by atoms with E-state index in [0.717, 1.165) is 18.9 Å². The maximum atomic E-state index is 12.9. The van der Waals surface area contributed by atoms with Crippen LogP contribution in [0.3, 0.4) is 0 Å². The van der Waals surface area contributed by atoms with Gasteiger partial charge in [-0.2, -0.15) is 0 Å². The summed E-state index contributed by atoms with van der Waals surface area (Å²) in [5, 5.41) is 14.4. The molecular weight excluding hydrogens is 299 g/mol. The van der Waals surface area contributed by atoms with E-state index < -0.39 is 23.7 Å². The van der Waals surface area contributed by atoms with Gasteiger partial charge in [-0.3, -0.25) is 4.79 Å². The highest BCUT2D eigenvalue weighted by Gasteiger charge is 2.27. The molecule has 114 valence electrons. The zero-order valence-corrected chi connectivity index (χ0v) is 12.0. The summed E-state index contributed by atoms with van der Waals surface area (Å²) < 4.78 is 12.9. The van der Waals surface area contributed by atoms with Gasteiger partial charge < -0.3 is 15.7 Å².